The van der Waals surface area contributed by atoms with Crippen molar-refractivity contribution in [3.8, 4) is 17.5 Å². The fraction of sp³-hybridized carbons (Fsp3) is 0.300. The van der Waals surface area contributed by atoms with Crippen molar-refractivity contribution >= 4 is 16.3 Å². The number of quaternary nitrogens is 1. The molecule has 0 amide bonds. The first-order valence-electron chi connectivity index (χ1n) is 9.50. The van der Waals surface area contributed by atoms with E-state index in [1.807, 2.05) is 0 Å². The maximum Gasteiger partial charge on any atom is 0.235 e. The Labute approximate surface area is 169 Å². The Kier molecular flexibility index (Phi) is 4.57. The van der Waals surface area contributed by atoms with E-state index in [0.717, 1.165) is 23.5 Å². The first kappa shape index (κ1) is 18.3. The van der Waals surface area contributed by atoms with Crippen LogP contribution >= 0.6 is 11.3 Å². The predicted octanol–water partition coefficient (Wildman–Crippen LogP) is 2.02. The van der Waals surface area contributed by atoms with Gasteiger partial charge in [-0.3, -0.25) is 0 Å². The van der Waals surface area contributed by atoms with Gasteiger partial charge in [-0.1, -0.05) is 11.3 Å². The van der Waals surface area contributed by atoms with Gasteiger partial charge < -0.3 is 19.5 Å². The van der Waals surface area contributed by atoms with E-state index in [1.54, 1.807) is 30.5 Å². The van der Waals surface area contributed by atoms with Crippen LogP contribution in [0.2, 0.25) is 0 Å². The van der Waals surface area contributed by atoms with Crippen LogP contribution in [0.25, 0.3) is 16.5 Å². The zero-order valence-electron chi connectivity index (χ0n) is 15.5. The number of furan rings is 1. The molecule has 150 valence electrons. The highest BCUT2D eigenvalue weighted by Gasteiger charge is 2.35. The number of benzene rings is 1. The molecule has 1 atom stereocenters. The number of nitrogens with one attached hydrogen (secondary N) is 1. The SMILES string of the molecule is Oc1c([C@@H](c2ccc(F)cc2)[NH+]2CCC(O)CC2)sc2nc(-c3ccco3)nn12. The quantitative estimate of drug-likeness (QED) is 0.475. The third kappa shape index (κ3) is 3.31. The Hall–Kier alpha value is -2.75. The normalized spacial score (nSPS) is 20.9. The number of nitrogens with zero attached hydrogens (tertiary/aromatic N) is 3. The number of hydrogen-bond acceptors (Lipinski definition) is 6. The van der Waals surface area contributed by atoms with E-state index in [4.69, 9.17) is 4.42 Å². The molecular formula is C20H20FN4O3S+. The molecule has 1 aliphatic heterocycles. The van der Waals surface area contributed by atoms with Gasteiger partial charge >= 0.3 is 0 Å². The van der Waals surface area contributed by atoms with Gasteiger partial charge in [0.25, 0.3) is 0 Å². The largest absolute Gasteiger partial charge is 0.492 e. The molecule has 1 aliphatic rings. The molecule has 0 spiro atoms. The fourth-order valence-electron chi connectivity index (χ4n) is 3.94. The highest BCUT2D eigenvalue weighted by atomic mass is 32.1. The predicted molar refractivity (Wildman–Crippen MR) is 104 cm³/mol. The van der Waals surface area contributed by atoms with Gasteiger partial charge in [0, 0.05) is 18.4 Å². The van der Waals surface area contributed by atoms with Gasteiger partial charge in [-0.05, 0) is 36.4 Å². The van der Waals surface area contributed by atoms with Crippen molar-refractivity contribution in [3.05, 3.63) is 58.9 Å². The molecule has 9 heteroatoms. The van der Waals surface area contributed by atoms with Crippen molar-refractivity contribution in [3.63, 3.8) is 0 Å². The molecule has 0 bridgehead atoms. The van der Waals surface area contributed by atoms with Gasteiger partial charge in [-0.15, -0.1) is 5.10 Å². The molecule has 3 N–H and O–H groups in total. The van der Waals surface area contributed by atoms with E-state index in [1.165, 1.54) is 32.9 Å². The van der Waals surface area contributed by atoms with Gasteiger partial charge in [0.15, 0.2) is 11.8 Å². The van der Waals surface area contributed by atoms with Crippen LogP contribution in [0.15, 0.2) is 47.1 Å². The van der Waals surface area contributed by atoms with Crippen molar-refractivity contribution in [2.45, 2.75) is 25.0 Å². The molecule has 7 nitrogen and oxygen atoms in total. The summed E-state index contributed by atoms with van der Waals surface area (Å²) in [6.45, 7) is 1.52. The molecule has 3 aromatic heterocycles. The summed E-state index contributed by atoms with van der Waals surface area (Å²) >= 11 is 1.36. The summed E-state index contributed by atoms with van der Waals surface area (Å²) in [7, 11) is 0. The van der Waals surface area contributed by atoms with Crippen LogP contribution in [0.1, 0.15) is 29.3 Å². The van der Waals surface area contributed by atoms with Crippen molar-refractivity contribution in [1.29, 1.82) is 0 Å². The van der Waals surface area contributed by atoms with Crippen LogP contribution in [0, 0.1) is 5.82 Å². The Morgan fingerprint density at radius 3 is 2.62 bits per heavy atom. The lowest BCUT2D eigenvalue weighted by molar-refractivity contribution is -0.931. The fourth-order valence-corrected chi connectivity index (χ4v) is 5.08. The van der Waals surface area contributed by atoms with Gasteiger partial charge in [-0.2, -0.15) is 9.50 Å². The molecule has 29 heavy (non-hydrogen) atoms. The van der Waals surface area contributed by atoms with E-state index in [-0.39, 0.29) is 23.8 Å². The zero-order chi connectivity index (χ0) is 20.0. The van der Waals surface area contributed by atoms with Crippen LogP contribution in [0.3, 0.4) is 0 Å². The van der Waals surface area contributed by atoms with Crippen molar-refractivity contribution in [2.75, 3.05) is 13.1 Å². The maximum absolute atomic E-state index is 13.5. The minimum Gasteiger partial charge on any atom is -0.492 e. The van der Waals surface area contributed by atoms with Gasteiger partial charge in [0.1, 0.15) is 10.7 Å². The second kappa shape index (κ2) is 7.25. The lowest BCUT2D eigenvalue weighted by atomic mass is 9.99. The average molecular weight is 415 g/mol. The van der Waals surface area contributed by atoms with Crippen LogP contribution in [-0.2, 0) is 0 Å². The summed E-state index contributed by atoms with van der Waals surface area (Å²) in [5.41, 5.74) is 0.906. The monoisotopic (exact) mass is 415 g/mol. The van der Waals surface area contributed by atoms with E-state index in [2.05, 4.69) is 10.1 Å². The number of thiazole rings is 1. The summed E-state index contributed by atoms with van der Waals surface area (Å²) in [6, 6.07) is 9.70. The number of hydrogen-bond donors (Lipinski definition) is 3. The standard InChI is InChI=1S/C20H19FN4O3S/c21-13-5-3-12(4-6-13)16(24-9-7-14(26)8-10-24)17-19(27)25-20(29-17)22-18(23-25)15-2-1-11-28-15/h1-6,11,14,16,26-27H,7-10H2/p+1/t16-/m1/s1. The highest BCUT2D eigenvalue weighted by Crippen LogP contribution is 2.36. The summed E-state index contributed by atoms with van der Waals surface area (Å²) in [5.74, 6) is 0.678. The lowest BCUT2D eigenvalue weighted by Gasteiger charge is -2.33. The molecule has 1 fully saturated rings. The second-order valence-electron chi connectivity index (χ2n) is 7.27. The van der Waals surface area contributed by atoms with Crippen molar-refractivity contribution in [2.24, 2.45) is 0 Å². The summed E-state index contributed by atoms with van der Waals surface area (Å²) in [6.07, 6.45) is 2.64. The highest BCUT2D eigenvalue weighted by molar-refractivity contribution is 7.17. The van der Waals surface area contributed by atoms with Crippen LogP contribution in [0.5, 0.6) is 5.88 Å². The molecule has 5 rings (SSSR count). The first-order chi connectivity index (χ1) is 14.1. The Bertz CT molecular complexity index is 1110. The summed E-state index contributed by atoms with van der Waals surface area (Å²) in [5, 5.41) is 25.3. The number of halogens is 1. The number of fused-ring (bicyclic) bond motifs is 1. The molecular weight excluding hydrogens is 395 g/mol. The molecule has 4 heterocycles. The zero-order valence-corrected chi connectivity index (χ0v) is 16.3. The molecule has 0 radical (unpaired) electrons. The lowest BCUT2D eigenvalue weighted by Crippen LogP contribution is -3.13. The summed E-state index contributed by atoms with van der Waals surface area (Å²) < 4.78 is 20.3. The van der Waals surface area contributed by atoms with Crippen LogP contribution < -0.4 is 4.90 Å². The Morgan fingerprint density at radius 1 is 1.21 bits per heavy atom. The molecule has 1 aromatic carbocycles. The van der Waals surface area contributed by atoms with E-state index >= 15 is 0 Å². The number of aromatic hydroxyl groups is 1. The maximum atomic E-state index is 13.5. The number of aliphatic hydroxyl groups is 1. The van der Waals surface area contributed by atoms with Gasteiger partial charge in [-0.25, -0.2) is 4.39 Å². The third-order valence-corrected chi connectivity index (χ3v) is 6.50. The third-order valence-electron chi connectivity index (χ3n) is 5.41. The van der Waals surface area contributed by atoms with Crippen molar-refractivity contribution in [1.82, 2.24) is 14.6 Å². The molecule has 0 aliphatic carbocycles. The van der Waals surface area contributed by atoms with Crippen LogP contribution in [0.4, 0.5) is 4.39 Å². The van der Waals surface area contributed by atoms with E-state index in [0.29, 0.717) is 29.4 Å². The minimum atomic E-state index is -0.300. The molecule has 4 aromatic rings. The Balaban J connectivity index is 1.57. The van der Waals surface area contributed by atoms with E-state index in [9.17, 15) is 14.6 Å². The van der Waals surface area contributed by atoms with Gasteiger partial charge in [0.05, 0.1) is 25.5 Å². The Morgan fingerprint density at radius 2 is 1.97 bits per heavy atom. The number of likely N-dealkylation sites (tertiary alicyclic amines) is 1. The number of aliphatic hydroxyl groups excluding tert-OH is 1. The van der Waals surface area contributed by atoms with Crippen molar-refractivity contribution < 1.29 is 23.9 Å². The van der Waals surface area contributed by atoms with Gasteiger partial charge in [0.2, 0.25) is 16.7 Å². The number of piperidine rings is 1. The van der Waals surface area contributed by atoms with Crippen LogP contribution in [-0.4, -0.2) is 44.0 Å². The average Bonchev–Trinajstić information content (AvgIpc) is 3.44. The molecule has 1 saturated heterocycles. The second-order valence-corrected chi connectivity index (χ2v) is 8.28. The molecule has 0 unspecified atom stereocenters. The smallest absolute Gasteiger partial charge is 0.235 e. The number of rotatable bonds is 4. The first-order valence-corrected chi connectivity index (χ1v) is 10.3. The summed E-state index contributed by atoms with van der Waals surface area (Å²) in [4.78, 5) is 7.00. The topological polar surface area (TPSA) is 88.2 Å². The molecule has 0 saturated carbocycles. The van der Waals surface area contributed by atoms with E-state index < -0.39 is 0 Å². The minimum absolute atomic E-state index is 0.0308. The number of aromatic nitrogens is 3.